The van der Waals surface area contributed by atoms with E-state index in [9.17, 15) is 18.0 Å². The lowest BCUT2D eigenvalue weighted by Gasteiger charge is -2.26. The van der Waals surface area contributed by atoms with Gasteiger partial charge in [-0.15, -0.1) is 0 Å². The predicted molar refractivity (Wildman–Crippen MR) is 131 cm³/mol. The molecule has 0 aliphatic carbocycles. The minimum atomic E-state index is -4.16. The molecule has 8 nitrogen and oxygen atoms in total. The van der Waals surface area contributed by atoms with Crippen LogP contribution in [0.15, 0.2) is 89.8 Å². The average Bonchev–Trinajstić information content (AvgIpc) is 3.74. The van der Waals surface area contributed by atoms with E-state index in [4.69, 9.17) is 14.2 Å². The van der Waals surface area contributed by atoms with Crippen molar-refractivity contribution in [3.8, 4) is 0 Å². The number of epoxide rings is 1. The molecule has 1 aliphatic heterocycles. The molecule has 3 aromatic rings. The quantitative estimate of drug-likeness (QED) is 0.288. The predicted octanol–water partition coefficient (Wildman–Crippen LogP) is 3.57. The number of sulfonamides is 1. The Bertz CT molecular complexity index is 1290. The van der Waals surface area contributed by atoms with Gasteiger partial charge in [-0.05, 0) is 36.2 Å². The lowest BCUT2D eigenvalue weighted by molar-refractivity contribution is -0.149. The molecule has 0 bridgehead atoms. The number of benzene rings is 3. The second kappa shape index (κ2) is 11.5. The number of esters is 2. The zero-order chi connectivity index (χ0) is 25.5. The zero-order valence-corrected chi connectivity index (χ0v) is 20.6. The van der Waals surface area contributed by atoms with E-state index in [0.717, 1.165) is 15.4 Å². The summed E-state index contributed by atoms with van der Waals surface area (Å²) in [7, 11) is -4.16. The van der Waals surface area contributed by atoms with Crippen LogP contribution in [0.4, 0.5) is 0 Å². The highest BCUT2D eigenvalue weighted by Gasteiger charge is 2.39. The lowest BCUT2D eigenvalue weighted by Crippen LogP contribution is -2.45. The maximum Gasteiger partial charge on any atom is 0.338 e. The summed E-state index contributed by atoms with van der Waals surface area (Å²) in [5.41, 5.74) is 1.70. The summed E-state index contributed by atoms with van der Waals surface area (Å²) in [6, 6.07) is 22.8. The number of carbonyl (C=O) groups is 2. The largest absolute Gasteiger partial charge is 0.460 e. The van der Waals surface area contributed by atoms with Crippen LogP contribution in [0.2, 0.25) is 0 Å². The van der Waals surface area contributed by atoms with Crippen LogP contribution in [-0.4, -0.2) is 50.0 Å². The number of nitrogens with zero attached hydrogens (tertiary/aromatic N) is 1. The molecule has 0 aromatic heterocycles. The lowest BCUT2D eigenvalue weighted by atomic mass is 10.2. The SMILES string of the molecule is C[C@H](C(=O)OCc1ccccc1)N(CC1CO1)S(=O)(=O)c1cccc(C(=O)OCc2ccccc2)c1. The number of hydrogen-bond acceptors (Lipinski definition) is 7. The fraction of sp³-hybridized carbons (Fsp3) is 0.259. The van der Waals surface area contributed by atoms with Gasteiger partial charge >= 0.3 is 11.9 Å². The molecule has 1 fully saturated rings. The van der Waals surface area contributed by atoms with E-state index < -0.39 is 28.0 Å². The molecule has 0 radical (unpaired) electrons. The van der Waals surface area contributed by atoms with Crippen molar-refractivity contribution in [3.63, 3.8) is 0 Å². The van der Waals surface area contributed by atoms with Crippen molar-refractivity contribution < 1.29 is 32.2 Å². The van der Waals surface area contributed by atoms with Crippen LogP contribution in [0.5, 0.6) is 0 Å². The molecule has 9 heteroatoms. The monoisotopic (exact) mass is 509 g/mol. The molecule has 0 spiro atoms. The molecule has 0 N–H and O–H groups in total. The second-order valence-electron chi connectivity index (χ2n) is 8.39. The number of rotatable bonds is 11. The highest BCUT2D eigenvalue weighted by molar-refractivity contribution is 7.89. The first kappa shape index (κ1) is 25.6. The molecule has 4 rings (SSSR count). The molecular formula is C27H27NO7S. The summed E-state index contributed by atoms with van der Waals surface area (Å²) >= 11 is 0. The summed E-state index contributed by atoms with van der Waals surface area (Å²) in [5, 5.41) is 0. The van der Waals surface area contributed by atoms with E-state index >= 15 is 0 Å². The highest BCUT2D eigenvalue weighted by Crippen LogP contribution is 2.24. The molecule has 2 atom stereocenters. The van der Waals surface area contributed by atoms with E-state index in [2.05, 4.69) is 0 Å². The average molecular weight is 510 g/mol. The number of carbonyl (C=O) groups excluding carboxylic acids is 2. The third-order valence-corrected chi connectivity index (χ3v) is 7.60. The second-order valence-corrected chi connectivity index (χ2v) is 10.3. The first-order valence-electron chi connectivity index (χ1n) is 11.5. The fourth-order valence-corrected chi connectivity index (χ4v) is 5.19. The summed E-state index contributed by atoms with van der Waals surface area (Å²) < 4.78 is 44.2. The molecule has 0 amide bonds. The van der Waals surface area contributed by atoms with Crippen molar-refractivity contribution in [2.75, 3.05) is 13.2 Å². The van der Waals surface area contributed by atoms with Gasteiger partial charge in [-0.3, -0.25) is 4.79 Å². The van der Waals surface area contributed by atoms with Gasteiger partial charge in [0.1, 0.15) is 19.3 Å². The molecule has 1 unspecified atom stereocenters. The normalized spacial score (nSPS) is 15.8. The van der Waals surface area contributed by atoms with Crippen LogP contribution in [0, 0.1) is 0 Å². The van der Waals surface area contributed by atoms with Gasteiger partial charge in [-0.1, -0.05) is 66.7 Å². The Morgan fingerprint density at radius 1 is 0.917 bits per heavy atom. The molecule has 36 heavy (non-hydrogen) atoms. The van der Waals surface area contributed by atoms with Gasteiger partial charge in [0.25, 0.3) is 0 Å². The summed E-state index contributed by atoms with van der Waals surface area (Å²) in [6.07, 6.45) is -0.303. The van der Waals surface area contributed by atoms with Crippen molar-refractivity contribution in [3.05, 3.63) is 102 Å². The third-order valence-electron chi connectivity index (χ3n) is 5.67. The Morgan fingerprint density at radius 3 is 2.08 bits per heavy atom. The van der Waals surface area contributed by atoms with Crippen molar-refractivity contribution in [2.45, 2.75) is 37.2 Å². The van der Waals surface area contributed by atoms with E-state index in [0.29, 0.717) is 6.61 Å². The molecule has 1 saturated heterocycles. The van der Waals surface area contributed by atoms with Crippen LogP contribution in [-0.2, 0) is 42.2 Å². The Morgan fingerprint density at radius 2 is 1.50 bits per heavy atom. The van der Waals surface area contributed by atoms with Gasteiger partial charge in [0.05, 0.1) is 23.2 Å². The van der Waals surface area contributed by atoms with Gasteiger partial charge < -0.3 is 14.2 Å². The Hall–Kier alpha value is -3.53. The van der Waals surface area contributed by atoms with E-state index in [1.54, 1.807) is 0 Å². The molecule has 188 valence electrons. The first-order chi connectivity index (χ1) is 17.3. The standard InChI is InChI=1S/C27H27NO7S/c1-20(26(29)34-17-21-9-4-2-5-10-21)28(16-24-19-33-24)36(31,32)25-14-8-13-23(15-25)27(30)35-18-22-11-6-3-7-12-22/h2-15,20,24H,16-19H2,1H3/t20-,24?/m1/s1. The van der Waals surface area contributed by atoms with Crippen LogP contribution in [0.25, 0.3) is 0 Å². The maximum atomic E-state index is 13.6. The summed E-state index contributed by atoms with van der Waals surface area (Å²) in [5.74, 6) is -1.33. The minimum Gasteiger partial charge on any atom is -0.460 e. The van der Waals surface area contributed by atoms with Gasteiger partial charge in [0.2, 0.25) is 10.0 Å². The smallest absolute Gasteiger partial charge is 0.338 e. The fourth-order valence-electron chi connectivity index (χ4n) is 3.53. The highest BCUT2D eigenvalue weighted by atomic mass is 32.2. The van der Waals surface area contributed by atoms with Crippen molar-refractivity contribution in [2.24, 2.45) is 0 Å². The molecule has 1 aliphatic rings. The molecule has 0 saturated carbocycles. The van der Waals surface area contributed by atoms with Crippen molar-refractivity contribution in [1.29, 1.82) is 0 Å². The molecule has 1 heterocycles. The Balaban J connectivity index is 1.49. The van der Waals surface area contributed by atoms with Crippen LogP contribution >= 0.6 is 0 Å². The van der Waals surface area contributed by atoms with E-state index in [-0.39, 0.29) is 36.3 Å². The molecular weight excluding hydrogens is 482 g/mol. The van der Waals surface area contributed by atoms with Crippen LogP contribution < -0.4 is 0 Å². The minimum absolute atomic E-state index is 0.00732. The van der Waals surface area contributed by atoms with Crippen LogP contribution in [0.3, 0.4) is 0 Å². The third kappa shape index (κ3) is 6.57. The zero-order valence-electron chi connectivity index (χ0n) is 19.8. The van der Waals surface area contributed by atoms with Crippen molar-refractivity contribution >= 4 is 22.0 Å². The number of hydrogen-bond donors (Lipinski definition) is 0. The summed E-state index contributed by atoms with van der Waals surface area (Å²) in [6.45, 7) is 1.97. The Kier molecular flexibility index (Phi) is 8.14. The van der Waals surface area contributed by atoms with E-state index in [1.165, 1.54) is 31.2 Å². The summed E-state index contributed by atoms with van der Waals surface area (Å²) in [4.78, 5) is 25.3. The van der Waals surface area contributed by atoms with Gasteiger partial charge in [0, 0.05) is 6.54 Å². The van der Waals surface area contributed by atoms with Crippen LogP contribution in [0.1, 0.15) is 28.4 Å². The Labute approximate surface area is 210 Å². The first-order valence-corrected chi connectivity index (χ1v) is 12.9. The van der Waals surface area contributed by atoms with E-state index in [1.807, 2.05) is 60.7 Å². The van der Waals surface area contributed by atoms with Gasteiger partial charge in [0.15, 0.2) is 0 Å². The maximum absolute atomic E-state index is 13.6. The number of ether oxygens (including phenoxy) is 3. The van der Waals surface area contributed by atoms with Crippen molar-refractivity contribution in [1.82, 2.24) is 4.31 Å². The molecule has 3 aromatic carbocycles. The van der Waals surface area contributed by atoms with Gasteiger partial charge in [-0.25, -0.2) is 13.2 Å². The van der Waals surface area contributed by atoms with Gasteiger partial charge in [-0.2, -0.15) is 4.31 Å². The topological polar surface area (TPSA) is 103 Å².